The van der Waals surface area contributed by atoms with E-state index in [-0.39, 0.29) is 11.9 Å². The number of halogens is 1. The minimum absolute atomic E-state index is 0.0555. The molecule has 0 aromatic heterocycles. The maximum Gasteiger partial charge on any atom is 0.328 e. The summed E-state index contributed by atoms with van der Waals surface area (Å²) in [6.07, 6.45) is 2.35. The second-order valence-electron chi connectivity index (χ2n) is 4.47. The topological polar surface area (TPSA) is 49.8 Å². The normalized spacial score (nSPS) is 12.6. The molecule has 0 saturated heterocycles. The van der Waals surface area contributed by atoms with Crippen molar-refractivity contribution in [3.05, 3.63) is 35.7 Å². The number of benzene rings is 1. The molecular formula is C15H20FNO3. The largest absolute Gasteiger partial charge is 0.478 e. The van der Waals surface area contributed by atoms with Gasteiger partial charge in [-0.15, -0.1) is 0 Å². The van der Waals surface area contributed by atoms with Gasteiger partial charge in [-0.2, -0.15) is 0 Å². The summed E-state index contributed by atoms with van der Waals surface area (Å²) >= 11 is 0. The summed E-state index contributed by atoms with van der Waals surface area (Å²) in [5.74, 6) is -1.43. The highest BCUT2D eigenvalue weighted by Crippen LogP contribution is 2.23. The Labute approximate surface area is 118 Å². The predicted octanol–water partition coefficient (Wildman–Crippen LogP) is 2.78. The molecule has 0 spiro atoms. The van der Waals surface area contributed by atoms with Crippen LogP contribution in [0.15, 0.2) is 24.3 Å². The highest BCUT2D eigenvalue weighted by atomic mass is 19.1. The summed E-state index contributed by atoms with van der Waals surface area (Å²) in [6.45, 7) is 5.08. The van der Waals surface area contributed by atoms with Gasteiger partial charge in [-0.3, -0.25) is 0 Å². The average molecular weight is 281 g/mol. The second kappa shape index (κ2) is 7.65. The molecule has 20 heavy (non-hydrogen) atoms. The smallest absolute Gasteiger partial charge is 0.328 e. The Kier molecular flexibility index (Phi) is 6.18. The van der Waals surface area contributed by atoms with Crippen molar-refractivity contribution in [1.29, 1.82) is 0 Å². The van der Waals surface area contributed by atoms with E-state index < -0.39 is 5.97 Å². The average Bonchev–Trinajstić information content (AvgIpc) is 2.39. The highest BCUT2D eigenvalue weighted by molar-refractivity contribution is 5.85. The standard InChI is InChI=1S/C15H20FNO3/c1-4-17(11(2)10-20-3)14-7-5-12(9-13(14)16)6-8-15(18)19/h5-9,11H,4,10H2,1-3H3,(H,18,19). The van der Waals surface area contributed by atoms with Crippen LogP contribution >= 0.6 is 0 Å². The number of rotatable bonds is 7. The van der Waals surface area contributed by atoms with Crippen LogP contribution in [-0.4, -0.2) is 37.4 Å². The molecule has 0 aliphatic rings. The number of ether oxygens (including phenoxy) is 1. The van der Waals surface area contributed by atoms with Crippen LogP contribution in [0.4, 0.5) is 10.1 Å². The van der Waals surface area contributed by atoms with Gasteiger partial charge in [-0.1, -0.05) is 6.07 Å². The molecule has 0 aliphatic heterocycles. The van der Waals surface area contributed by atoms with E-state index in [1.54, 1.807) is 19.2 Å². The van der Waals surface area contributed by atoms with Crippen LogP contribution in [0.3, 0.4) is 0 Å². The van der Waals surface area contributed by atoms with E-state index >= 15 is 0 Å². The number of methoxy groups -OCH3 is 1. The van der Waals surface area contributed by atoms with Crippen molar-refractivity contribution in [2.45, 2.75) is 19.9 Å². The number of likely N-dealkylation sites (N-methyl/N-ethyl adjacent to an activating group) is 1. The number of anilines is 1. The monoisotopic (exact) mass is 281 g/mol. The van der Waals surface area contributed by atoms with E-state index in [2.05, 4.69) is 0 Å². The third kappa shape index (κ3) is 4.35. The van der Waals surface area contributed by atoms with Crippen LogP contribution in [0.1, 0.15) is 19.4 Å². The quantitative estimate of drug-likeness (QED) is 0.781. The first-order chi connectivity index (χ1) is 9.49. The molecule has 0 saturated carbocycles. The van der Waals surface area contributed by atoms with Gasteiger partial charge in [0.15, 0.2) is 0 Å². The lowest BCUT2D eigenvalue weighted by Gasteiger charge is -2.30. The number of hydrogen-bond acceptors (Lipinski definition) is 3. The summed E-state index contributed by atoms with van der Waals surface area (Å²) in [5.41, 5.74) is 1.01. The molecule has 1 rings (SSSR count). The Morgan fingerprint density at radius 3 is 2.75 bits per heavy atom. The van der Waals surface area contributed by atoms with Crippen LogP contribution in [0, 0.1) is 5.82 Å². The first-order valence-electron chi connectivity index (χ1n) is 6.45. The van der Waals surface area contributed by atoms with Gasteiger partial charge in [0.05, 0.1) is 12.3 Å². The lowest BCUT2D eigenvalue weighted by atomic mass is 10.1. The molecule has 1 N–H and O–H groups in total. The summed E-state index contributed by atoms with van der Waals surface area (Å²) in [6, 6.07) is 4.74. The molecule has 0 aliphatic carbocycles. The Morgan fingerprint density at radius 2 is 2.25 bits per heavy atom. The molecule has 5 heteroatoms. The number of carbonyl (C=O) groups is 1. The van der Waals surface area contributed by atoms with Crippen LogP contribution in [0.5, 0.6) is 0 Å². The van der Waals surface area contributed by atoms with E-state index in [1.165, 1.54) is 12.1 Å². The van der Waals surface area contributed by atoms with Crippen molar-refractivity contribution in [3.8, 4) is 0 Å². The fourth-order valence-electron chi connectivity index (χ4n) is 2.08. The number of carboxylic acids is 1. The minimum atomic E-state index is -1.06. The highest BCUT2D eigenvalue weighted by Gasteiger charge is 2.16. The SMILES string of the molecule is CCN(c1ccc(C=CC(=O)O)cc1F)C(C)COC. The van der Waals surface area contributed by atoms with E-state index in [4.69, 9.17) is 9.84 Å². The van der Waals surface area contributed by atoms with Crippen molar-refractivity contribution in [2.75, 3.05) is 25.2 Å². The van der Waals surface area contributed by atoms with Crippen LogP contribution in [-0.2, 0) is 9.53 Å². The third-order valence-corrected chi connectivity index (χ3v) is 2.98. The molecule has 0 heterocycles. The summed E-state index contributed by atoms with van der Waals surface area (Å²) < 4.78 is 19.2. The molecule has 1 unspecified atom stereocenters. The molecule has 1 atom stereocenters. The number of hydrogen-bond donors (Lipinski definition) is 1. The molecule has 0 bridgehead atoms. The number of aliphatic carboxylic acids is 1. The first-order valence-corrected chi connectivity index (χ1v) is 6.45. The zero-order valence-corrected chi connectivity index (χ0v) is 12.0. The van der Waals surface area contributed by atoms with Crippen LogP contribution < -0.4 is 4.90 Å². The van der Waals surface area contributed by atoms with Gasteiger partial charge in [-0.05, 0) is 37.6 Å². The second-order valence-corrected chi connectivity index (χ2v) is 4.47. The zero-order chi connectivity index (χ0) is 15.1. The molecule has 0 amide bonds. The third-order valence-electron chi connectivity index (χ3n) is 2.98. The molecule has 1 aromatic rings. The van der Waals surface area contributed by atoms with Crippen molar-refractivity contribution in [2.24, 2.45) is 0 Å². The Bertz CT molecular complexity index is 488. The summed E-state index contributed by atoms with van der Waals surface area (Å²) in [7, 11) is 1.61. The number of nitrogens with zero attached hydrogens (tertiary/aromatic N) is 1. The van der Waals surface area contributed by atoms with Crippen molar-refractivity contribution in [1.82, 2.24) is 0 Å². The van der Waals surface area contributed by atoms with Crippen molar-refractivity contribution >= 4 is 17.7 Å². The molecule has 110 valence electrons. The van der Waals surface area contributed by atoms with Gasteiger partial charge in [0, 0.05) is 25.8 Å². The van der Waals surface area contributed by atoms with Gasteiger partial charge >= 0.3 is 5.97 Å². The zero-order valence-electron chi connectivity index (χ0n) is 12.0. The first kappa shape index (κ1) is 16.2. The van der Waals surface area contributed by atoms with Gasteiger partial charge in [0.1, 0.15) is 5.82 Å². The Morgan fingerprint density at radius 1 is 1.55 bits per heavy atom. The number of carboxylic acid groups (broad SMARTS) is 1. The molecule has 1 aromatic carbocycles. The van der Waals surface area contributed by atoms with Gasteiger partial charge in [-0.25, -0.2) is 9.18 Å². The minimum Gasteiger partial charge on any atom is -0.478 e. The van der Waals surface area contributed by atoms with Crippen molar-refractivity contribution < 1.29 is 19.0 Å². The van der Waals surface area contributed by atoms with Gasteiger partial charge in [0.25, 0.3) is 0 Å². The molecule has 0 radical (unpaired) electrons. The molecule has 4 nitrogen and oxygen atoms in total. The Balaban J connectivity index is 2.98. The van der Waals surface area contributed by atoms with Gasteiger partial charge < -0.3 is 14.7 Å². The van der Waals surface area contributed by atoms with Crippen LogP contribution in [0.2, 0.25) is 0 Å². The molecular weight excluding hydrogens is 261 g/mol. The lowest BCUT2D eigenvalue weighted by Crippen LogP contribution is -2.36. The fraction of sp³-hybridized carbons (Fsp3) is 0.400. The maximum absolute atomic E-state index is 14.1. The van der Waals surface area contributed by atoms with E-state index in [1.807, 2.05) is 18.7 Å². The maximum atomic E-state index is 14.1. The van der Waals surface area contributed by atoms with E-state index in [9.17, 15) is 9.18 Å². The van der Waals surface area contributed by atoms with Crippen LogP contribution in [0.25, 0.3) is 6.08 Å². The van der Waals surface area contributed by atoms with Crippen molar-refractivity contribution in [3.63, 3.8) is 0 Å². The van der Waals surface area contributed by atoms with E-state index in [0.29, 0.717) is 24.4 Å². The summed E-state index contributed by atoms with van der Waals surface area (Å²) in [4.78, 5) is 12.3. The Hall–Kier alpha value is -1.88. The summed E-state index contributed by atoms with van der Waals surface area (Å²) in [5, 5.41) is 8.55. The predicted molar refractivity (Wildman–Crippen MR) is 77.4 cm³/mol. The van der Waals surface area contributed by atoms with E-state index in [0.717, 1.165) is 6.08 Å². The molecule has 0 fully saturated rings. The van der Waals surface area contributed by atoms with Gasteiger partial charge in [0.2, 0.25) is 0 Å². The lowest BCUT2D eigenvalue weighted by molar-refractivity contribution is -0.131. The fourth-order valence-corrected chi connectivity index (χ4v) is 2.08.